The van der Waals surface area contributed by atoms with E-state index in [1.54, 1.807) is 32.3 Å². The van der Waals surface area contributed by atoms with Gasteiger partial charge in [-0.15, -0.1) is 0 Å². The third-order valence-corrected chi connectivity index (χ3v) is 7.06. The fourth-order valence-electron chi connectivity index (χ4n) is 4.44. The minimum Gasteiger partial charge on any atom is -0.445 e. The molecule has 2 amide bonds. The number of hydrogen-bond acceptors (Lipinski definition) is 5. The first-order valence-corrected chi connectivity index (χ1v) is 12.9. The van der Waals surface area contributed by atoms with Crippen LogP contribution in [0.5, 0.6) is 0 Å². The van der Waals surface area contributed by atoms with Crippen molar-refractivity contribution in [3.63, 3.8) is 0 Å². The summed E-state index contributed by atoms with van der Waals surface area (Å²) in [6.07, 6.45) is 6.27. The molecule has 1 aromatic carbocycles. The van der Waals surface area contributed by atoms with Crippen LogP contribution in [0.4, 0.5) is 4.79 Å². The van der Waals surface area contributed by atoms with Gasteiger partial charge in [0.1, 0.15) is 12.9 Å². The van der Waals surface area contributed by atoms with Crippen LogP contribution in [0.2, 0.25) is 5.02 Å². The lowest BCUT2D eigenvalue weighted by molar-refractivity contribution is -0.129. The van der Waals surface area contributed by atoms with Crippen molar-refractivity contribution >= 4 is 35.7 Å². The number of carbonyl (C=O) groups excluding carboxylic acids is 4. The molecular weight excluding hydrogens is 468 g/mol. The van der Waals surface area contributed by atoms with E-state index in [0.29, 0.717) is 36.1 Å². The second-order valence-corrected chi connectivity index (χ2v) is 10.4. The van der Waals surface area contributed by atoms with Gasteiger partial charge in [-0.1, -0.05) is 56.3 Å². The number of nitrogens with zero attached hydrogens (tertiary/aromatic N) is 1. The summed E-state index contributed by atoms with van der Waals surface area (Å²) in [5.74, 6) is 0.543. The van der Waals surface area contributed by atoms with Gasteiger partial charge in [-0.2, -0.15) is 0 Å². The van der Waals surface area contributed by atoms with E-state index in [-0.39, 0.29) is 37.1 Å². The lowest BCUT2D eigenvalue weighted by Crippen LogP contribution is -2.42. The smallest absolute Gasteiger partial charge is 0.408 e. The fraction of sp³-hybridized carbons (Fsp3) is 0.630. The SMILES string of the molecule is CC1CCC(CC(NC(=O)OCc2cccc(Cl)c2)C(=O)CC[C@H](C=O)CCC(=O)N(C)C)CC1. The van der Waals surface area contributed by atoms with Crippen molar-refractivity contribution in [3.8, 4) is 0 Å². The zero-order chi connectivity index (χ0) is 25.8. The van der Waals surface area contributed by atoms with Crippen LogP contribution in [0.1, 0.15) is 70.3 Å². The topological polar surface area (TPSA) is 92.8 Å². The Hall–Kier alpha value is -2.41. The van der Waals surface area contributed by atoms with Crippen molar-refractivity contribution in [2.24, 2.45) is 17.8 Å². The summed E-state index contributed by atoms with van der Waals surface area (Å²) in [6.45, 7) is 2.30. The summed E-state index contributed by atoms with van der Waals surface area (Å²) in [6, 6.07) is 6.40. The largest absolute Gasteiger partial charge is 0.445 e. The molecular formula is C27H39ClN2O5. The van der Waals surface area contributed by atoms with Crippen molar-refractivity contribution < 1.29 is 23.9 Å². The van der Waals surface area contributed by atoms with Crippen molar-refractivity contribution in [1.82, 2.24) is 10.2 Å². The Bertz CT molecular complexity index is 852. The van der Waals surface area contributed by atoms with E-state index in [1.165, 1.54) is 4.90 Å². The first-order valence-electron chi connectivity index (χ1n) is 12.5. The van der Waals surface area contributed by atoms with Gasteiger partial charge in [-0.25, -0.2) is 4.79 Å². The maximum absolute atomic E-state index is 13.1. The number of Topliss-reactive ketones (excluding diaryl/α,β-unsaturated/α-hetero) is 1. The molecule has 1 aliphatic carbocycles. The van der Waals surface area contributed by atoms with Crippen molar-refractivity contribution in [3.05, 3.63) is 34.9 Å². The number of ketones is 1. The summed E-state index contributed by atoms with van der Waals surface area (Å²) >= 11 is 5.99. The van der Waals surface area contributed by atoms with E-state index in [9.17, 15) is 19.2 Å². The third kappa shape index (κ3) is 10.8. The number of alkyl carbamates (subject to hydrolysis) is 1. The monoisotopic (exact) mass is 506 g/mol. The summed E-state index contributed by atoms with van der Waals surface area (Å²) in [5.41, 5.74) is 0.762. The Morgan fingerprint density at radius 3 is 2.46 bits per heavy atom. The molecule has 0 spiro atoms. The van der Waals surface area contributed by atoms with Gasteiger partial charge in [0.15, 0.2) is 5.78 Å². The Morgan fingerprint density at radius 1 is 1.14 bits per heavy atom. The Morgan fingerprint density at radius 2 is 1.83 bits per heavy atom. The average molecular weight is 507 g/mol. The maximum Gasteiger partial charge on any atom is 0.408 e. The second-order valence-electron chi connectivity index (χ2n) is 9.99. The molecule has 1 unspecified atom stereocenters. The number of rotatable bonds is 13. The third-order valence-electron chi connectivity index (χ3n) is 6.83. The summed E-state index contributed by atoms with van der Waals surface area (Å²) in [7, 11) is 3.35. The molecule has 0 bridgehead atoms. The van der Waals surface area contributed by atoms with Crippen LogP contribution in [-0.4, -0.2) is 49.1 Å². The van der Waals surface area contributed by atoms with Gasteiger partial charge in [-0.3, -0.25) is 9.59 Å². The number of hydrogen-bond donors (Lipinski definition) is 1. The molecule has 1 aliphatic rings. The minimum absolute atomic E-state index is 0.0447. The van der Waals surface area contributed by atoms with Gasteiger partial charge in [0.05, 0.1) is 6.04 Å². The van der Waals surface area contributed by atoms with Gasteiger partial charge in [-0.05, 0) is 48.8 Å². The molecule has 0 aliphatic heterocycles. The van der Waals surface area contributed by atoms with Gasteiger partial charge in [0.25, 0.3) is 0 Å². The number of halogens is 1. The van der Waals surface area contributed by atoms with Crippen LogP contribution in [0, 0.1) is 17.8 Å². The van der Waals surface area contributed by atoms with Crippen LogP contribution in [0.3, 0.4) is 0 Å². The highest BCUT2D eigenvalue weighted by Crippen LogP contribution is 2.31. The van der Waals surface area contributed by atoms with Crippen LogP contribution in [0.25, 0.3) is 0 Å². The molecule has 8 heteroatoms. The summed E-state index contributed by atoms with van der Waals surface area (Å²) in [4.78, 5) is 50.5. The molecule has 35 heavy (non-hydrogen) atoms. The molecule has 1 fully saturated rings. The lowest BCUT2D eigenvalue weighted by Gasteiger charge is -2.29. The van der Waals surface area contributed by atoms with E-state index in [1.807, 2.05) is 6.07 Å². The fourth-order valence-corrected chi connectivity index (χ4v) is 4.66. The normalized spacial score (nSPS) is 19.3. The highest BCUT2D eigenvalue weighted by molar-refractivity contribution is 6.30. The number of aldehydes is 1. The van der Waals surface area contributed by atoms with E-state index in [4.69, 9.17) is 16.3 Å². The van der Waals surface area contributed by atoms with Crippen LogP contribution in [-0.2, 0) is 25.7 Å². The van der Waals surface area contributed by atoms with Crippen LogP contribution in [0.15, 0.2) is 24.3 Å². The summed E-state index contributed by atoms with van der Waals surface area (Å²) < 4.78 is 5.34. The van der Waals surface area contributed by atoms with Gasteiger partial charge >= 0.3 is 6.09 Å². The van der Waals surface area contributed by atoms with Gasteiger partial charge in [0, 0.05) is 37.9 Å². The molecule has 0 saturated heterocycles. The summed E-state index contributed by atoms with van der Waals surface area (Å²) in [5, 5.41) is 3.33. The molecule has 1 aromatic rings. The molecule has 1 saturated carbocycles. The maximum atomic E-state index is 13.1. The lowest BCUT2D eigenvalue weighted by atomic mass is 9.79. The highest BCUT2D eigenvalue weighted by atomic mass is 35.5. The zero-order valence-electron chi connectivity index (χ0n) is 21.1. The molecule has 2 atom stereocenters. The van der Waals surface area contributed by atoms with E-state index in [0.717, 1.165) is 37.5 Å². The average Bonchev–Trinajstić information content (AvgIpc) is 2.83. The van der Waals surface area contributed by atoms with Crippen LogP contribution < -0.4 is 5.32 Å². The second kappa shape index (κ2) is 14.9. The molecule has 1 N–H and O–H groups in total. The molecule has 7 nitrogen and oxygen atoms in total. The van der Waals surface area contributed by atoms with E-state index < -0.39 is 12.1 Å². The number of benzene rings is 1. The van der Waals surface area contributed by atoms with Gasteiger partial charge < -0.3 is 19.7 Å². The Balaban J connectivity index is 1.94. The number of nitrogens with one attached hydrogen (secondary N) is 1. The highest BCUT2D eigenvalue weighted by Gasteiger charge is 2.28. The number of carbonyl (C=O) groups is 4. The Kier molecular flexibility index (Phi) is 12.2. The molecule has 2 rings (SSSR count). The zero-order valence-corrected chi connectivity index (χ0v) is 21.9. The van der Waals surface area contributed by atoms with E-state index in [2.05, 4.69) is 12.2 Å². The van der Waals surface area contributed by atoms with Crippen LogP contribution >= 0.6 is 11.6 Å². The number of ether oxygens (including phenoxy) is 1. The quantitative estimate of drug-likeness (QED) is 0.372. The van der Waals surface area contributed by atoms with Gasteiger partial charge in [0.2, 0.25) is 5.91 Å². The van der Waals surface area contributed by atoms with Crippen molar-refractivity contribution in [1.29, 1.82) is 0 Å². The van der Waals surface area contributed by atoms with Crippen molar-refractivity contribution in [2.75, 3.05) is 14.1 Å². The first-order chi connectivity index (χ1) is 16.7. The first kappa shape index (κ1) is 28.8. The molecule has 194 valence electrons. The number of amides is 2. The predicted molar refractivity (Wildman–Crippen MR) is 136 cm³/mol. The van der Waals surface area contributed by atoms with E-state index >= 15 is 0 Å². The predicted octanol–water partition coefficient (Wildman–Crippen LogP) is 5.18. The minimum atomic E-state index is -0.657. The Labute approximate surface area is 213 Å². The standard InChI is InChI=1S/C27H39ClN2O5/c1-19-7-9-20(10-8-19)16-24(29-27(34)35-18-22-5-4-6-23(28)15-22)25(32)13-11-21(17-31)12-14-26(33)30(2)3/h4-6,15,17,19-21,24H,7-14,16,18H2,1-3H3,(H,29,34)/t19?,20?,21-,24?/m0/s1. The van der Waals surface area contributed by atoms with Crippen molar-refractivity contribution in [2.45, 2.75) is 77.4 Å². The molecule has 0 heterocycles. The molecule has 0 aromatic heterocycles. The molecule has 0 radical (unpaired) electrons.